The third kappa shape index (κ3) is 19.4. The Morgan fingerprint density at radius 3 is 1.26 bits per heavy atom. The molecule has 0 spiro atoms. The van der Waals surface area contributed by atoms with Gasteiger partial charge in [-0.2, -0.15) is 0 Å². The number of carbonyl (C=O) groups is 4. The zero-order valence-corrected chi connectivity index (χ0v) is 30.7. The van der Waals surface area contributed by atoms with Gasteiger partial charge in [-0.3, -0.25) is 0 Å². The minimum Gasteiger partial charge on any atom is -0.431 e. The fraction of sp³-hybridized carbons (Fsp3) is 0.852. The topological polar surface area (TPSA) is 183 Å². The van der Waals surface area contributed by atoms with E-state index >= 15 is 0 Å². The third-order valence-electron chi connectivity index (χ3n) is 6.69. The van der Waals surface area contributed by atoms with E-state index in [0.29, 0.717) is 44.9 Å². The Labute approximate surface area is 302 Å². The van der Waals surface area contributed by atoms with Crippen LogP contribution in [0, 0.1) is 0 Å². The van der Waals surface area contributed by atoms with Gasteiger partial charge >= 0.3 is 24.6 Å². The van der Waals surface area contributed by atoms with E-state index in [1.807, 2.05) is 0 Å². The SMILES string of the molecule is CC(CCCC(C)OC(=O)OCCOC(=O)OC1CCCCC1O)OC(=O)OCCOC(=O)OC1CCCCC1O.[Y].[Y]. The van der Waals surface area contributed by atoms with Crippen LogP contribution < -0.4 is 0 Å². The van der Waals surface area contributed by atoms with Crippen molar-refractivity contribution in [1.82, 2.24) is 0 Å². The Morgan fingerprint density at radius 1 is 0.581 bits per heavy atom. The van der Waals surface area contributed by atoms with E-state index in [1.54, 1.807) is 13.8 Å². The molecule has 2 fully saturated rings. The maximum absolute atomic E-state index is 11.8. The largest absolute Gasteiger partial charge is 0.508 e. The van der Waals surface area contributed by atoms with E-state index < -0.39 is 61.2 Å². The summed E-state index contributed by atoms with van der Waals surface area (Å²) in [6.45, 7) is 2.52. The third-order valence-corrected chi connectivity index (χ3v) is 6.69. The van der Waals surface area contributed by atoms with Gasteiger partial charge in [-0.1, -0.05) is 12.8 Å². The number of carbonyl (C=O) groups excluding carboxylic acids is 4. The van der Waals surface area contributed by atoms with Gasteiger partial charge in [-0.25, -0.2) is 19.2 Å². The quantitative estimate of drug-likeness (QED) is 0.146. The second-order valence-corrected chi connectivity index (χ2v) is 10.2. The first kappa shape index (κ1) is 42.2. The van der Waals surface area contributed by atoms with Gasteiger partial charge in [0.05, 0.1) is 12.2 Å². The molecule has 2 rings (SSSR count). The van der Waals surface area contributed by atoms with Crippen LogP contribution >= 0.6 is 0 Å². The number of rotatable bonds is 14. The molecule has 6 atom stereocenters. The monoisotopic (exact) mass is 770 g/mol. The van der Waals surface area contributed by atoms with Crippen molar-refractivity contribution in [3.63, 3.8) is 0 Å². The molecule has 0 bridgehead atoms. The van der Waals surface area contributed by atoms with Crippen LogP contribution in [0.2, 0.25) is 0 Å². The minimum absolute atomic E-state index is 0. The Hall–Kier alpha value is -0.792. The van der Waals surface area contributed by atoms with Gasteiger partial charge in [-0.15, -0.1) is 0 Å². The molecule has 16 heteroatoms. The standard InChI is InChI=1S/C27H44O14.2Y/c1-18(38-24(30)34-14-16-36-26(32)40-22-12-5-3-10-20(22)28)8-7-9-19(2)39-25(31)35-15-17-37-27(33)41-23-13-6-4-11-21(23)29;;/h18-23,28-29H,3-17H2,1-2H3;;. The van der Waals surface area contributed by atoms with E-state index in [2.05, 4.69) is 0 Å². The first-order chi connectivity index (χ1) is 19.6. The summed E-state index contributed by atoms with van der Waals surface area (Å²) in [4.78, 5) is 47.0. The number of ether oxygens (including phenoxy) is 8. The van der Waals surface area contributed by atoms with Gasteiger partial charge in [0.1, 0.15) is 50.8 Å². The molecule has 2 aliphatic carbocycles. The van der Waals surface area contributed by atoms with Crippen molar-refractivity contribution < 1.29 is 133 Å². The van der Waals surface area contributed by atoms with Gasteiger partial charge in [0, 0.05) is 65.4 Å². The first-order valence-corrected chi connectivity index (χ1v) is 14.3. The molecule has 0 saturated heterocycles. The molecule has 0 aromatic heterocycles. The van der Waals surface area contributed by atoms with Crippen molar-refractivity contribution in [3.8, 4) is 0 Å². The van der Waals surface area contributed by atoms with Crippen LogP contribution in [0.4, 0.5) is 19.2 Å². The van der Waals surface area contributed by atoms with Crippen LogP contribution in [-0.4, -0.2) is 97.9 Å². The number of hydrogen-bond acceptors (Lipinski definition) is 14. The average molecular weight is 770 g/mol. The average Bonchev–Trinajstić information content (AvgIpc) is 2.91. The van der Waals surface area contributed by atoms with E-state index in [1.165, 1.54) is 0 Å². The molecule has 2 N–H and O–H groups in total. The van der Waals surface area contributed by atoms with Crippen molar-refractivity contribution in [1.29, 1.82) is 0 Å². The molecule has 2 saturated carbocycles. The van der Waals surface area contributed by atoms with Crippen molar-refractivity contribution in [2.45, 2.75) is 121 Å². The predicted octanol–water partition coefficient (Wildman–Crippen LogP) is 4.15. The zero-order chi connectivity index (χ0) is 30.0. The molecular formula is C27H44O14Y2. The van der Waals surface area contributed by atoms with E-state index in [9.17, 15) is 29.4 Å². The molecule has 0 heterocycles. The van der Waals surface area contributed by atoms with Crippen LogP contribution in [0.1, 0.15) is 84.5 Å². The van der Waals surface area contributed by atoms with Crippen LogP contribution in [0.5, 0.6) is 0 Å². The molecule has 0 aromatic rings. The molecule has 43 heavy (non-hydrogen) atoms. The minimum atomic E-state index is -0.925. The van der Waals surface area contributed by atoms with Crippen LogP contribution in [0.25, 0.3) is 0 Å². The molecular weight excluding hydrogens is 726 g/mol. The molecule has 242 valence electrons. The number of hydrogen-bond donors (Lipinski definition) is 2. The summed E-state index contributed by atoms with van der Waals surface area (Å²) in [6.07, 6.45) is 0.202. The number of aliphatic hydroxyl groups excluding tert-OH is 2. The maximum atomic E-state index is 11.8. The van der Waals surface area contributed by atoms with Gasteiger partial charge in [0.15, 0.2) is 0 Å². The van der Waals surface area contributed by atoms with Gasteiger partial charge in [0.25, 0.3) is 0 Å². The Kier molecular flexibility index (Phi) is 24.0. The van der Waals surface area contributed by atoms with Gasteiger partial charge in [0.2, 0.25) is 0 Å². The van der Waals surface area contributed by atoms with Crippen LogP contribution in [0.15, 0.2) is 0 Å². The summed E-state index contributed by atoms with van der Waals surface area (Å²) in [5.74, 6) is 0. The summed E-state index contributed by atoms with van der Waals surface area (Å²) in [5, 5.41) is 19.6. The van der Waals surface area contributed by atoms with Crippen molar-refractivity contribution in [3.05, 3.63) is 0 Å². The van der Waals surface area contributed by atoms with Crippen LogP contribution in [-0.2, 0) is 103 Å². The fourth-order valence-corrected chi connectivity index (χ4v) is 4.45. The fourth-order valence-electron chi connectivity index (χ4n) is 4.45. The maximum Gasteiger partial charge on any atom is 0.508 e. The summed E-state index contributed by atoms with van der Waals surface area (Å²) in [6, 6.07) is 0. The smallest absolute Gasteiger partial charge is 0.431 e. The van der Waals surface area contributed by atoms with Gasteiger partial charge in [-0.05, 0) is 71.6 Å². The molecule has 14 nitrogen and oxygen atoms in total. The van der Waals surface area contributed by atoms with E-state index in [0.717, 1.165) is 25.7 Å². The zero-order valence-electron chi connectivity index (χ0n) is 25.0. The summed E-state index contributed by atoms with van der Waals surface area (Å²) < 4.78 is 39.9. The van der Waals surface area contributed by atoms with Crippen molar-refractivity contribution >= 4 is 24.6 Å². The van der Waals surface area contributed by atoms with Gasteiger partial charge < -0.3 is 48.1 Å². The van der Waals surface area contributed by atoms with E-state index in [-0.39, 0.29) is 91.8 Å². The summed E-state index contributed by atoms with van der Waals surface area (Å²) in [5.41, 5.74) is 0. The Morgan fingerprint density at radius 2 is 0.907 bits per heavy atom. The predicted molar refractivity (Wildman–Crippen MR) is 139 cm³/mol. The second-order valence-electron chi connectivity index (χ2n) is 10.2. The first-order valence-electron chi connectivity index (χ1n) is 14.3. The molecule has 6 unspecified atom stereocenters. The summed E-state index contributed by atoms with van der Waals surface area (Å²) >= 11 is 0. The second kappa shape index (κ2) is 24.4. The molecule has 0 aliphatic heterocycles. The number of aliphatic hydroxyl groups is 2. The normalized spacial score (nSPS) is 22.6. The molecule has 0 amide bonds. The van der Waals surface area contributed by atoms with E-state index in [4.69, 9.17) is 37.9 Å². The van der Waals surface area contributed by atoms with Crippen molar-refractivity contribution in [2.75, 3.05) is 26.4 Å². The Balaban J connectivity index is 0.00000882. The van der Waals surface area contributed by atoms with Crippen molar-refractivity contribution in [2.24, 2.45) is 0 Å². The summed E-state index contributed by atoms with van der Waals surface area (Å²) in [7, 11) is 0. The molecule has 2 radical (unpaired) electrons. The van der Waals surface area contributed by atoms with Crippen LogP contribution in [0.3, 0.4) is 0 Å². The molecule has 2 aliphatic rings. The molecule has 0 aromatic carbocycles. The Bertz CT molecular complexity index is 753.